The van der Waals surface area contributed by atoms with E-state index in [2.05, 4.69) is 10.4 Å². The highest BCUT2D eigenvalue weighted by Crippen LogP contribution is 2.47. The van der Waals surface area contributed by atoms with Gasteiger partial charge in [-0.1, -0.05) is 12.8 Å². The zero-order valence-electron chi connectivity index (χ0n) is 15.5. The lowest BCUT2D eigenvalue weighted by Crippen LogP contribution is -2.44. The number of esters is 1. The van der Waals surface area contributed by atoms with Crippen molar-refractivity contribution in [3.05, 3.63) is 17.5 Å². The van der Waals surface area contributed by atoms with E-state index < -0.39 is 5.41 Å². The Morgan fingerprint density at radius 2 is 2.20 bits per heavy atom. The van der Waals surface area contributed by atoms with Gasteiger partial charge in [-0.05, 0) is 32.6 Å². The molecule has 2 amide bonds. The first-order valence-corrected chi connectivity index (χ1v) is 9.01. The van der Waals surface area contributed by atoms with Crippen LogP contribution < -0.4 is 5.32 Å². The fourth-order valence-electron chi connectivity index (χ4n) is 4.55. The van der Waals surface area contributed by atoms with Crippen LogP contribution in [0, 0.1) is 18.3 Å². The summed E-state index contributed by atoms with van der Waals surface area (Å²) in [5.41, 5.74) is 1.41. The van der Waals surface area contributed by atoms with E-state index in [0.717, 1.165) is 36.9 Å². The second-order valence-electron chi connectivity index (χ2n) is 7.49. The van der Waals surface area contributed by atoms with Gasteiger partial charge < -0.3 is 15.0 Å². The molecule has 138 valence electrons. The summed E-state index contributed by atoms with van der Waals surface area (Å²) in [6, 6.07) is -0.244. The van der Waals surface area contributed by atoms with E-state index in [1.807, 2.05) is 27.1 Å². The summed E-state index contributed by atoms with van der Waals surface area (Å²) in [4.78, 5) is 27.0. The molecule has 3 rings (SSSR count). The van der Waals surface area contributed by atoms with Gasteiger partial charge in [0.15, 0.2) is 0 Å². The van der Waals surface area contributed by atoms with E-state index >= 15 is 0 Å². The molecule has 2 heterocycles. The van der Waals surface area contributed by atoms with Gasteiger partial charge in [-0.2, -0.15) is 5.10 Å². The molecule has 7 heteroatoms. The molecule has 3 atom stereocenters. The summed E-state index contributed by atoms with van der Waals surface area (Å²) in [7, 11) is 3.31. The largest absolute Gasteiger partial charge is 0.469 e. The van der Waals surface area contributed by atoms with Crippen LogP contribution in [-0.4, -0.2) is 46.9 Å². The Morgan fingerprint density at radius 3 is 2.84 bits per heavy atom. The van der Waals surface area contributed by atoms with Gasteiger partial charge in [0, 0.05) is 31.9 Å². The van der Waals surface area contributed by atoms with Crippen molar-refractivity contribution in [2.45, 2.75) is 45.6 Å². The summed E-state index contributed by atoms with van der Waals surface area (Å²) >= 11 is 0. The molecule has 1 N–H and O–H groups in total. The molecule has 0 bridgehead atoms. The van der Waals surface area contributed by atoms with Gasteiger partial charge in [0.1, 0.15) is 0 Å². The third-order valence-corrected chi connectivity index (χ3v) is 5.86. The van der Waals surface area contributed by atoms with Gasteiger partial charge >= 0.3 is 12.0 Å². The first-order valence-electron chi connectivity index (χ1n) is 9.01. The number of aromatic nitrogens is 2. The molecule has 1 aliphatic heterocycles. The number of carbonyl (C=O) groups is 2. The normalized spacial score (nSPS) is 26.9. The molecule has 1 aliphatic carbocycles. The molecule has 0 aromatic carbocycles. The number of rotatable bonds is 3. The Bertz CT molecular complexity index is 671. The van der Waals surface area contributed by atoms with Crippen molar-refractivity contribution in [3.63, 3.8) is 0 Å². The second-order valence-corrected chi connectivity index (χ2v) is 7.49. The van der Waals surface area contributed by atoms with Crippen LogP contribution in [0.25, 0.3) is 0 Å². The Balaban J connectivity index is 1.71. The molecule has 25 heavy (non-hydrogen) atoms. The van der Waals surface area contributed by atoms with E-state index in [1.165, 1.54) is 7.11 Å². The van der Waals surface area contributed by atoms with Gasteiger partial charge in [0.05, 0.1) is 24.3 Å². The Morgan fingerprint density at radius 1 is 1.44 bits per heavy atom. The number of hydrogen-bond donors (Lipinski definition) is 1. The first-order chi connectivity index (χ1) is 11.9. The maximum atomic E-state index is 12.8. The summed E-state index contributed by atoms with van der Waals surface area (Å²) in [5, 5.41) is 7.39. The van der Waals surface area contributed by atoms with Crippen molar-refractivity contribution in [2.24, 2.45) is 18.4 Å². The van der Waals surface area contributed by atoms with Crippen LogP contribution in [-0.2, 0) is 16.6 Å². The highest BCUT2D eigenvalue weighted by Gasteiger charge is 2.54. The van der Waals surface area contributed by atoms with Gasteiger partial charge in [0.2, 0.25) is 0 Å². The fraction of sp³-hybridized carbons (Fsp3) is 0.722. The number of hydrogen-bond acceptors (Lipinski definition) is 4. The van der Waals surface area contributed by atoms with Gasteiger partial charge in [0.25, 0.3) is 0 Å². The number of amides is 2. The van der Waals surface area contributed by atoms with Crippen LogP contribution in [0.15, 0.2) is 6.20 Å². The SMILES string of the molecule is COC(=O)[C@@]12CCCC[C@@H]1CN(C(=O)NC(C)c1cn(C)nc1C)C2. The Kier molecular flexibility index (Phi) is 4.75. The molecule has 1 aromatic heterocycles. The van der Waals surface area contributed by atoms with Crippen molar-refractivity contribution >= 4 is 12.0 Å². The van der Waals surface area contributed by atoms with Crippen LogP contribution in [0.3, 0.4) is 0 Å². The molecule has 1 unspecified atom stereocenters. The smallest absolute Gasteiger partial charge is 0.317 e. The van der Waals surface area contributed by atoms with Crippen molar-refractivity contribution in [2.75, 3.05) is 20.2 Å². The van der Waals surface area contributed by atoms with Gasteiger partial charge in [-0.25, -0.2) is 4.79 Å². The quantitative estimate of drug-likeness (QED) is 0.849. The molecule has 1 saturated heterocycles. The molecule has 1 saturated carbocycles. The Labute approximate surface area is 148 Å². The number of methoxy groups -OCH3 is 1. The zero-order valence-corrected chi connectivity index (χ0v) is 15.5. The highest BCUT2D eigenvalue weighted by atomic mass is 16.5. The minimum atomic E-state index is -0.516. The number of aryl methyl sites for hydroxylation is 2. The van der Waals surface area contributed by atoms with Crippen LogP contribution in [0.1, 0.15) is 49.9 Å². The number of ether oxygens (including phenoxy) is 1. The van der Waals surface area contributed by atoms with Crippen LogP contribution >= 0.6 is 0 Å². The maximum Gasteiger partial charge on any atom is 0.317 e. The Hall–Kier alpha value is -2.05. The number of carbonyl (C=O) groups excluding carboxylic acids is 2. The topological polar surface area (TPSA) is 76.5 Å². The molecular weight excluding hydrogens is 320 g/mol. The van der Waals surface area contributed by atoms with E-state index in [4.69, 9.17) is 4.74 Å². The average molecular weight is 348 g/mol. The molecule has 0 spiro atoms. The van der Waals surface area contributed by atoms with Gasteiger partial charge in [-0.3, -0.25) is 9.48 Å². The standard InChI is InChI=1S/C18H28N4O3/c1-12(15-10-21(3)20-13(15)2)19-17(24)22-9-14-7-5-6-8-18(14,11-22)16(23)25-4/h10,12,14H,5-9,11H2,1-4H3,(H,19,24)/t12?,14-,18-/m1/s1. The summed E-state index contributed by atoms with van der Waals surface area (Å²) in [6.45, 7) is 4.98. The van der Waals surface area contributed by atoms with Crippen molar-refractivity contribution < 1.29 is 14.3 Å². The van der Waals surface area contributed by atoms with Crippen LogP contribution in [0.5, 0.6) is 0 Å². The maximum absolute atomic E-state index is 12.8. The molecule has 1 aromatic rings. The van der Waals surface area contributed by atoms with Crippen molar-refractivity contribution in [1.82, 2.24) is 20.0 Å². The van der Waals surface area contributed by atoms with E-state index in [0.29, 0.717) is 13.1 Å². The monoisotopic (exact) mass is 348 g/mol. The van der Waals surface area contributed by atoms with E-state index in [1.54, 1.807) is 9.58 Å². The lowest BCUT2D eigenvalue weighted by molar-refractivity contribution is -0.156. The van der Waals surface area contributed by atoms with Crippen molar-refractivity contribution in [3.8, 4) is 0 Å². The third-order valence-electron chi connectivity index (χ3n) is 5.86. The molecule has 0 radical (unpaired) electrons. The molecule has 2 aliphatic rings. The lowest BCUT2D eigenvalue weighted by Gasteiger charge is -2.35. The highest BCUT2D eigenvalue weighted by molar-refractivity contribution is 5.81. The number of nitrogens with zero attached hydrogens (tertiary/aromatic N) is 3. The second kappa shape index (κ2) is 6.69. The fourth-order valence-corrected chi connectivity index (χ4v) is 4.55. The van der Waals surface area contributed by atoms with Gasteiger partial charge in [-0.15, -0.1) is 0 Å². The zero-order chi connectivity index (χ0) is 18.2. The third kappa shape index (κ3) is 3.12. The van der Waals surface area contributed by atoms with Crippen LogP contribution in [0.2, 0.25) is 0 Å². The predicted molar refractivity (Wildman–Crippen MR) is 92.9 cm³/mol. The van der Waals surface area contributed by atoms with E-state index in [9.17, 15) is 9.59 Å². The number of nitrogens with one attached hydrogen (secondary N) is 1. The molecule has 7 nitrogen and oxygen atoms in total. The number of urea groups is 1. The van der Waals surface area contributed by atoms with E-state index in [-0.39, 0.29) is 24.0 Å². The summed E-state index contributed by atoms with van der Waals surface area (Å²) in [6.07, 6.45) is 5.86. The predicted octanol–water partition coefficient (Wildman–Crippen LogP) is 2.16. The minimum Gasteiger partial charge on any atom is -0.469 e. The first kappa shape index (κ1) is 17.8. The summed E-state index contributed by atoms with van der Waals surface area (Å²) < 4.78 is 6.84. The summed E-state index contributed by atoms with van der Waals surface area (Å²) in [5.74, 6) is 0.0403. The van der Waals surface area contributed by atoms with Crippen LogP contribution in [0.4, 0.5) is 4.79 Å². The average Bonchev–Trinajstić information content (AvgIpc) is 3.14. The number of likely N-dealkylation sites (tertiary alicyclic amines) is 1. The molecule has 2 fully saturated rings. The minimum absolute atomic E-state index is 0.117. The molecular formula is C18H28N4O3. The lowest BCUT2D eigenvalue weighted by atomic mass is 9.68. The number of fused-ring (bicyclic) bond motifs is 1. The van der Waals surface area contributed by atoms with Crippen molar-refractivity contribution in [1.29, 1.82) is 0 Å².